The molecule has 1 aromatic heterocycles. The number of aromatic nitrogens is 2. The highest BCUT2D eigenvalue weighted by Crippen LogP contribution is 2.46. The van der Waals surface area contributed by atoms with E-state index in [4.69, 9.17) is 9.84 Å². The zero-order chi connectivity index (χ0) is 16.7. The fraction of sp³-hybridized carbons (Fsp3) is 0.286. The van der Waals surface area contributed by atoms with E-state index in [0.717, 1.165) is 23.7 Å². The Balaban J connectivity index is 1.91. The summed E-state index contributed by atoms with van der Waals surface area (Å²) in [5, 5.41) is 4.80. The molecule has 1 unspecified atom stereocenters. The van der Waals surface area contributed by atoms with Crippen molar-refractivity contribution in [3.05, 3.63) is 77.5 Å². The number of ether oxygens (including phenoxy) is 1. The second kappa shape index (κ2) is 5.52. The topological polar surface area (TPSA) is 27.1 Å². The maximum atomic E-state index is 6.38. The van der Waals surface area contributed by atoms with Crippen LogP contribution in [-0.4, -0.2) is 15.4 Å². The van der Waals surface area contributed by atoms with Crippen LogP contribution in [0.2, 0.25) is 0 Å². The lowest BCUT2D eigenvalue weighted by Gasteiger charge is -2.36. The van der Waals surface area contributed by atoms with Crippen LogP contribution < -0.4 is 4.74 Å². The lowest BCUT2D eigenvalue weighted by atomic mass is 9.81. The predicted octanol–water partition coefficient (Wildman–Crippen LogP) is 4.87. The number of hydrogen-bond acceptors (Lipinski definition) is 2. The summed E-state index contributed by atoms with van der Waals surface area (Å²) in [5.74, 6) is 1.19. The van der Waals surface area contributed by atoms with Gasteiger partial charge in [0.15, 0.2) is 0 Å². The first-order valence-corrected chi connectivity index (χ1v) is 8.44. The van der Waals surface area contributed by atoms with Crippen LogP contribution in [0.3, 0.4) is 0 Å². The lowest BCUT2D eigenvalue weighted by molar-refractivity contribution is 0.0687. The summed E-state index contributed by atoms with van der Waals surface area (Å²) in [6.07, 6.45) is 0.950. The Morgan fingerprint density at radius 3 is 2.29 bits per heavy atom. The molecule has 3 heteroatoms. The van der Waals surface area contributed by atoms with Crippen LogP contribution in [0.25, 0.3) is 5.69 Å². The van der Waals surface area contributed by atoms with Crippen LogP contribution in [0.15, 0.2) is 60.7 Å². The van der Waals surface area contributed by atoms with E-state index in [-0.39, 0.29) is 5.60 Å². The molecule has 2 aromatic carbocycles. The van der Waals surface area contributed by atoms with Gasteiger partial charge in [-0.05, 0) is 44.9 Å². The number of rotatable bonds is 2. The molecule has 1 aliphatic heterocycles. The first-order valence-electron chi connectivity index (χ1n) is 8.44. The van der Waals surface area contributed by atoms with E-state index < -0.39 is 0 Å². The van der Waals surface area contributed by atoms with Gasteiger partial charge in [-0.15, -0.1) is 0 Å². The number of benzene rings is 2. The first-order chi connectivity index (χ1) is 11.6. The minimum atomic E-state index is -0.230. The molecule has 1 aliphatic rings. The molecule has 0 fully saturated rings. The minimum absolute atomic E-state index is 0.230. The Bertz CT molecular complexity index is 850. The molecule has 0 saturated heterocycles. The minimum Gasteiger partial charge on any atom is -0.471 e. The van der Waals surface area contributed by atoms with Gasteiger partial charge in [0.25, 0.3) is 0 Å². The van der Waals surface area contributed by atoms with Crippen LogP contribution in [0.4, 0.5) is 0 Å². The van der Waals surface area contributed by atoms with E-state index in [2.05, 4.69) is 63.2 Å². The van der Waals surface area contributed by atoms with E-state index in [1.807, 2.05) is 22.9 Å². The molecule has 122 valence electrons. The SMILES string of the molecule is Cc1nn(-c2ccccc2)c2c1C(c1ccccc1)CC(C)(C)O2. The molecule has 0 saturated carbocycles. The van der Waals surface area contributed by atoms with Crippen molar-refractivity contribution in [3.8, 4) is 11.6 Å². The first kappa shape index (κ1) is 15.0. The van der Waals surface area contributed by atoms with Gasteiger partial charge in [-0.3, -0.25) is 0 Å². The number of nitrogens with zero attached hydrogens (tertiary/aromatic N) is 2. The summed E-state index contributed by atoms with van der Waals surface area (Å²) in [4.78, 5) is 0. The molecule has 24 heavy (non-hydrogen) atoms. The van der Waals surface area contributed by atoms with Crippen molar-refractivity contribution >= 4 is 0 Å². The highest BCUT2D eigenvalue weighted by Gasteiger charge is 2.39. The Labute approximate surface area is 142 Å². The summed E-state index contributed by atoms with van der Waals surface area (Å²) >= 11 is 0. The summed E-state index contributed by atoms with van der Waals surface area (Å²) < 4.78 is 8.32. The third kappa shape index (κ3) is 2.50. The number of fused-ring (bicyclic) bond motifs is 1. The van der Waals surface area contributed by atoms with Gasteiger partial charge in [0.1, 0.15) is 5.60 Å². The molecule has 0 N–H and O–H groups in total. The summed E-state index contributed by atoms with van der Waals surface area (Å²) in [6, 6.07) is 20.9. The summed E-state index contributed by atoms with van der Waals surface area (Å²) in [6.45, 7) is 6.39. The van der Waals surface area contributed by atoms with E-state index >= 15 is 0 Å². The molecule has 1 atom stereocenters. The van der Waals surface area contributed by atoms with Crippen molar-refractivity contribution in [2.75, 3.05) is 0 Å². The molecular weight excluding hydrogens is 296 g/mol. The molecule has 4 rings (SSSR count). The Kier molecular flexibility index (Phi) is 3.45. The van der Waals surface area contributed by atoms with E-state index in [1.165, 1.54) is 11.1 Å². The molecule has 0 bridgehead atoms. The Hall–Kier alpha value is -2.55. The average Bonchev–Trinajstić information content (AvgIpc) is 2.91. The fourth-order valence-electron chi connectivity index (χ4n) is 3.63. The van der Waals surface area contributed by atoms with Gasteiger partial charge in [-0.2, -0.15) is 5.10 Å². The number of aryl methyl sites for hydroxylation is 1. The van der Waals surface area contributed by atoms with Crippen LogP contribution in [0.1, 0.15) is 43.0 Å². The van der Waals surface area contributed by atoms with E-state index in [1.54, 1.807) is 0 Å². The van der Waals surface area contributed by atoms with E-state index in [9.17, 15) is 0 Å². The third-order valence-corrected chi connectivity index (χ3v) is 4.68. The zero-order valence-corrected chi connectivity index (χ0v) is 14.4. The quantitative estimate of drug-likeness (QED) is 0.674. The van der Waals surface area contributed by atoms with Gasteiger partial charge >= 0.3 is 0 Å². The second-order valence-electron chi connectivity index (χ2n) is 7.08. The molecule has 0 amide bonds. The predicted molar refractivity (Wildman–Crippen MR) is 95.9 cm³/mol. The smallest absolute Gasteiger partial charge is 0.221 e. The van der Waals surface area contributed by atoms with Crippen molar-refractivity contribution < 1.29 is 4.74 Å². The molecule has 3 aromatic rings. The van der Waals surface area contributed by atoms with Crippen LogP contribution in [0, 0.1) is 6.92 Å². The summed E-state index contributed by atoms with van der Waals surface area (Å²) in [7, 11) is 0. The highest BCUT2D eigenvalue weighted by molar-refractivity contribution is 5.48. The van der Waals surface area contributed by atoms with Crippen molar-refractivity contribution in [1.82, 2.24) is 9.78 Å². The standard InChI is InChI=1S/C21H22N2O/c1-15-19-18(16-10-6-4-7-11-16)14-21(2,3)24-20(19)23(22-15)17-12-8-5-9-13-17/h4-13,18H,14H2,1-3H3. The number of para-hydroxylation sites is 1. The maximum absolute atomic E-state index is 6.38. The molecule has 2 heterocycles. The zero-order valence-electron chi connectivity index (χ0n) is 14.4. The fourth-order valence-corrected chi connectivity index (χ4v) is 3.63. The van der Waals surface area contributed by atoms with E-state index in [0.29, 0.717) is 5.92 Å². The normalized spacial score (nSPS) is 18.7. The Morgan fingerprint density at radius 1 is 1.00 bits per heavy atom. The van der Waals surface area contributed by atoms with Crippen LogP contribution >= 0.6 is 0 Å². The van der Waals surface area contributed by atoms with Gasteiger partial charge in [0.05, 0.1) is 11.4 Å². The van der Waals surface area contributed by atoms with Crippen molar-refractivity contribution in [1.29, 1.82) is 0 Å². The molecule has 0 spiro atoms. The van der Waals surface area contributed by atoms with Crippen molar-refractivity contribution in [2.24, 2.45) is 0 Å². The van der Waals surface area contributed by atoms with Crippen molar-refractivity contribution in [2.45, 2.75) is 38.7 Å². The van der Waals surface area contributed by atoms with Crippen LogP contribution in [0.5, 0.6) is 5.88 Å². The maximum Gasteiger partial charge on any atom is 0.221 e. The number of hydrogen-bond donors (Lipinski definition) is 0. The van der Waals surface area contributed by atoms with Gasteiger partial charge in [-0.1, -0.05) is 48.5 Å². The highest BCUT2D eigenvalue weighted by atomic mass is 16.5. The molecular formula is C21H22N2O. The monoisotopic (exact) mass is 318 g/mol. The molecule has 0 aliphatic carbocycles. The van der Waals surface area contributed by atoms with Gasteiger partial charge < -0.3 is 4.74 Å². The lowest BCUT2D eigenvalue weighted by Crippen LogP contribution is -2.35. The summed E-state index contributed by atoms with van der Waals surface area (Å²) in [5.41, 5.74) is 4.38. The van der Waals surface area contributed by atoms with Gasteiger partial charge in [0.2, 0.25) is 5.88 Å². The third-order valence-electron chi connectivity index (χ3n) is 4.68. The van der Waals surface area contributed by atoms with Gasteiger partial charge in [0, 0.05) is 11.5 Å². The Morgan fingerprint density at radius 2 is 1.62 bits per heavy atom. The largest absolute Gasteiger partial charge is 0.471 e. The molecule has 0 radical (unpaired) electrons. The average molecular weight is 318 g/mol. The second-order valence-corrected chi connectivity index (χ2v) is 7.08. The van der Waals surface area contributed by atoms with Crippen LogP contribution in [-0.2, 0) is 0 Å². The van der Waals surface area contributed by atoms with Crippen molar-refractivity contribution in [3.63, 3.8) is 0 Å². The van der Waals surface area contributed by atoms with Gasteiger partial charge in [-0.25, -0.2) is 4.68 Å². The molecule has 3 nitrogen and oxygen atoms in total.